The number of hydrogen-bond donors (Lipinski definition) is 0. The molecule has 0 aromatic heterocycles. The summed E-state index contributed by atoms with van der Waals surface area (Å²) < 4.78 is 5.94. The van der Waals surface area contributed by atoms with Gasteiger partial charge in [-0.3, -0.25) is 0 Å². The highest BCUT2D eigenvalue weighted by atomic mass is 16.5. The summed E-state index contributed by atoms with van der Waals surface area (Å²) in [6, 6.07) is 2.38. The highest BCUT2D eigenvalue weighted by molar-refractivity contribution is 4.87. The van der Waals surface area contributed by atoms with Crippen LogP contribution in [0.1, 0.15) is 96.8 Å². The van der Waals surface area contributed by atoms with Crippen LogP contribution in [0, 0.1) is 17.2 Å². The van der Waals surface area contributed by atoms with Gasteiger partial charge >= 0.3 is 0 Å². The molecule has 122 valence electrons. The smallest absolute Gasteiger partial charge is 0.0655 e. The molecule has 0 unspecified atom stereocenters. The first kappa shape index (κ1) is 18.5. The van der Waals surface area contributed by atoms with Crippen molar-refractivity contribution in [2.45, 2.75) is 103 Å². The average molecular weight is 293 g/mol. The lowest BCUT2D eigenvalue weighted by Crippen LogP contribution is -2.21. The minimum Gasteiger partial charge on any atom is -0.378 e. The Morgan fingerprint density at radius 2 is 1.33 bits per heavy atom. The van der Waals surface area contributed by atoms with Crippen LogP contribution < -0.4 is 0 Å². The topological polar surface area (TPSA) is 33.0 Å². The summed E-state index contributed by atoms with van der Waals surface area (Å²) in [6.45, 7) is 3.20. The lowest BCUT2D eigenvalue weighted by Gasteiger charge is -2.24. The van der Waals surface area contributed by atoms with Crippen LogP contribution in [0.5, 0.6) is 0 Å². The number of rotatable bonds is 12. The van der Waals surface area contributed by atoms with Gasteiger partial charge in [0.15, 0.2) is 0 Å². The van der Waals surface area contributed by atoms with E-state index in [1.54, 1.807) is 0 Å². The summed E-state index contributed by atoms with van der Waals surface area (Å²) in [7, 11) is 0. The average Bonchev–Trinajstić information content (AvgIpc) is 2.53. The van der Waals surface area contributed by atoms with Gasteiger partial charge in [0, 0.05) is 12.5 Å². The Kier molecular flexibility index (Phi) is 11.6. The molecule has 0 saturated heterocycles. The number of nitrogens with zero attached hydrogens (tertiary/aromatic N) is 1. The van der Waals surface area contributed by atoms with Crippen molar-refractivity contribution >= 4 is 0 Å². The summed E-state index contributed by atoms with van der Waals surface area (Å²) in [5.41, 5.74) is 0. The molecule has 0 aliphatic heterocycles. The third-order valence-corrected chi connectivity index (χ3v) is 4.71. The second kappa shape index (κ2) is 13.1. The normalized spacial score (nSPS) is 22.1. The maximum absolute atomic E-state index is 8.86. The van der Waals surface area contributed by atoms with E-state index in [0.29, 0.717) is 12.0 Å². The fraction of sp³-hybridized carbons (Fsp3) is 0.947. The molecule has 0 spiro atoms. The van der Waals surface area contributed by atoms with Crippen molar-refractivity contribution in [1.29, 1.82) is 5.26 Å². The van der Waals surface area contributed by atoms with E-state index in [1.165, 1.54) is 64.2 Å². The summed E-state index contributed by atoms with van der Waals surface area (Å²) in [6.07, 6.45) is 18.5. The predicted molar refractivity (Wildman–Crippen MR) is 89.2 cm³/mol. The quantitative estimate of drug-likeness (QED) is 0.413. The molecule has 2 nitrogen and oxygen atoms in total. The van der Waals surface area contributed by atoms with E-state index in [0.717, 1.165) is 32.3 Å². The fourth-order valence-corrected chi connectivity index (χ4v) is 3.20. The van der Waals surface area contributed by atoms with Crippen LogP contribution in [-0.4, -0.2) is 12.7 Å². The molecule has 0 amide bonds. The molecular weight excluding hydrogens is 258 g/mol. The molecule has 0 N–H and O–H groups in total. The van der Waals surface area contributed by atoms with Crippen molar-refractivity contribution in [1.82, 2.24) is 0 Å². The summed E-state index contributed by atoms with van der Waals surface area (Å²) in [5.74, 6) is 0.294. The predicted octanol–water partition coefficient (Wildman–Crippen LogP) is 6.01. The molecule has 1 saturated carbocycles. The van der Waals surface area contributed by atoms with Gasteiger partial charge in [-0.1, -0.05) is 64.7 Å². The second-order valence-corrected chi connectivity index (χ2v) is 6.66. The lowest BCUT2D eigenvalue weighted by atomic mass is 9.88. The highest BCUT2D eigenvalue weighted by Crippen LogP contribution is 2.25. The Bertz CT molecular complexity index is 263. The Balaban J connectivity index is 1.78. The molecule has 0 radical (unpaired) electrons. The summed E-state index contributed by atoms with van der Waals surface area (Å²) in [4.78, 5) is 0. The van der Waals surface area contributed by atoms with E-state index >= 15 is 0 Å². The Morgan fingerprint density at radius 3 is 1.86 bits per heavy atom. The zero-order valence-electron chi connectivity index (χ0n) is 14.1. The van der Waals surface area contributed by atoms with E-state index in [-0.39, 0.29) is 0 Å². The minimum absolute atomic E-state index is 0.294. The highest BCUT2D eigenvalue weighted by Gasteiger charge is 2.20. The van der Waals surface area contributed by atoms with Gasteiger partial charge in [0.1, 0.15) is 0 Å². The van der Waals surface area contributed by atoms with E-state index in [1.807, 2.05) is 0 Å². The van der Waals surface area contributed by atoms with Gasteiger partial charge < -0.3 is 4.74 Å². The standard InChI is InChI=1S/C19H35NO/c1-2-3-4-5-6-7-8-9-10-11-16-21-19-14-12-18(17-20)13-15-19/h18-19H,2-16H2,1H3. The molecule has 0 aromatic rings. The first-order valence-corrected chi connectivity index (χ1v) is 9.38. The first-order valence-electron chi connectivity index (χ1n) is 9.38. The largest absolute Gasteiger partial charge is 0.378 e. The van der Waals surface area contributed by atoms with E-state index in [4.69, 9.17) is 10.00 Å². The van der Waals surface area contributed by atoms with Crippen LogP contribution in [0.2, 0.25) is 0 Å². The molecule has 0 atom stereocenters. The molecule has 0 bridgehead atoms. The van der Waals surface area contributed by atoms with Crippen molar-refractivity contribution in [3.63, 3.8) is 0 Å². The van der Waals surface area contributed by atoms with Crippen molar-refractivity contribution in [3.05, 3.63) is 0 Å². The lowest BCUT2D eigenvalue weighted by molar-refractivity contribution is 0.0208. The van der Waals surface area contributed by atoms with E-state index in [2.05, 4.69) is 13.0 Å². The van der Waals surface area contributed by atoms with Gasteiger partial charge in [-0.15, -0.1) is 0 Å². The van der Waals surface area contributed by atoms with Gasteiger partial charge in [0.05, 0.1) is 12.2 Å². The van der Waals surface area contributed by atoms with E-state index < -0.39 is 0 Å². The Labute approximate surface area is 132 Å². The number of unbranched alkanes of at least 4 members (excludes halogenated alkanes) is 9. The van der Waals surface area contributed by atoms with Crippen LogP contribution in [0.25, 0.3) is 0 Å². The first-order chi connectivity index (χ1) is 10.4. The third kappa shape index (κ3) is 9.91. The van der Waals surface area contributed by atoms with Crippen molar-refractivity contribution < 1.29 is 4.74 Å². The van der Waals surface area contributed by atoms with Gasteiger partial charge in [0.25, 0.3) is 0 Å². The Morgan fingerprint density at radius 1 is 0.810 bits per heavy atom. The number of hydrogen-bond acceptors (Lipinski definition) is 2. The second-order valence-electron chi connectivity index (χ2n) is 6.66. The minimum atomic E-state index is 0.294. The fourth-order valence-electron chi connectivity index (χ4n) is 3.20. The molecule has 1 aliphatic rings. The summed E-state index contributed by atoms with van der Waals surface area (Å²) >= 11 is 0. The van der Waals surface area contributed by atoms with Crippen molar-refractivity contribution in [2.75, 3.05) is 6.61 Å². The number of ether oxygens (including phenoxy) is 1. The molecule has 1 fully saturated rings. The van der Waals surface area contributed by atoms with Gasteiger partial charge in [0.2, 0.25) is 0 Å². The molecule has 1 rings (SSSR count). The van der Waals surface area contributed by atoms with Crippen molar-refractivity contribution in [3.8, 4) is 6.07 Å². The zero-order valence-corrected chi connectivity index (χ0v) is 14.1. The van der Waals surface area contributed by atoms with Crippen LogP contribution in [-0.2, 0) is 4.74 Å². The van der Waals surface area contributed by atoms with Crippen LogP contribution >= 0.6 is 0 Å². The monoisotopic (exact) mass is 293 g/mol. The third-order valence-electron chi connectivity index (χ3n) is 4.71. The van der Waals surface area contributed by atoms with Crippen LogP contribution in [0.3, 0.4) is 0 Å². The number of nitriles is 1. The van der Waals surface area contributed by atoms with Gasteiger partial charge in [-0.05, 0) is 32.1 Å². The maximum atomic E-state index is 8.86. The van der Waals surface area contributed by atoms with Crippen LogP contribution in [0.15, 0.2) is 0 Å². The molecular formula is C19H35NO. The SMILES string of the molecule is CCCCCCCCCCCCOC1CCC(C#N)CC1. The van der Waals surface area contributed by atoms with Gasteiger partial charge in [-0.2, -0.15) is 5.26 Å². The molecule has 1 aliphatic carbocycles. The molecule has 0 aromatic carbocycles. The maximum Gasteiger partial charge on any atom is 0.0655 e. The summed E-state index contributed by atoms with van der Waals surface area (Å²) in [5, 5.41) is 8.86. The molecule has 0 heterocycles. The van der Waals surface area contributed by atoms with Gasteiger partial charge in [-0.25, -0.2) is 0 Å². The van der Waals surface area contributed by atoms with Crippen molar-refractivity contribution in [2.24, 2.45) is 5.92 Å². The van der Waals surface area contributed by atoms with E-state index in [9.17, 15) is 0 Å². The molecule has 2 heteroatoms. The van der Waals surface area contributed by atoms with Crippen LogP contribution in [0.4, 0.5) is 0 Å². The zero-order chi connectivity index (χ0) is 15.2. The Hall–Kier alpha value is -0.550. The molecule has 21 heavy (non-hydrogen) atoms.